The smallest absolute Gasteiger partial charge is 0.211 e. The highest BCUT2D eigenvalue weighted by molar-refractivity contribution is 5.73. The zero-order valence-corrected chi connectivity index (χ0v) is 9.90. The van der Waals surface area contributed by atoms with Gasteiger partial charge in [0.1, 0.15) is 12.4 Å². The maximum absolute atomic E-state index is 10.4. The molecule has 1 aliphatic heterocycles. The summed E-state index contributed by atoms with van der Waals surface area (Å²) in [6, 6.07) is 2.23. The van der Waals surface area contributed by atoms with E-state index in [9.17, 15) is 4.79 Å². The Kier molecular flexibility index (Phi) is 3.93. The summed E-state index contributed by atoms with van der Waals surface area (Å²) in [7, 11) is 0. The van der Waals surface area contributed by atoms with Crippen molar-refractivity contribution in [3.8, 4) is 5.75 Å². The molecule has 0 unspecified atom stereocenters. The van der Waals surface area contributed by atoms with Gasteiger partial charge in [-0.3, -0.25) is 9.78 Å². The van der Waals surface area contributed by atoms with Gasteiger partial charge in [0, 0.05) is 12.1 Å². The first kappa shape index (κ1) is 11.9. The lowest BCUT2D eigenvalue weighted by atomic mass is 10.2. The minimum Gasteiger partial charge on any atom is -0.490 e. The van der Waals surface area contributed by atoms with Crippen LogP contribution in [-0.2, 0) is 4.79 Å². The van der Waals surface area contributed by atoms with E-state index in [-0.39, 0.29) is 0 Å². The molecule has 0 saturated carbocycles. The van der Waals surface area contributed by atoms with E-state index in [0.717, 1.165) is 18.7 Å². The van der Waals surface area contributed by atoms with Crippen LogP contribution in [0.15, 0.2) is 12.3 Å². The van der Waals surface area contributed by atoms with Gasteiger partial charge in [0.2, 0.25) is 6.41 Å². The molecule has 2 N–H and O–H groups in total. The number of carbonyl (C=O) groups excluding carboxylic acids is 1. The van der Waals surface area contributed by atoms with Crippen molar-refractivity contribution in [1.29, 1.82) is 0 Å². The summed E-state index contributed by atoms with van der Waals surface area (Å²) in [5.74, 6) is 0.689. The molecule has 0 bridgehead atoms. The van der Waals surface area contributed by atoms with Crippen molar-refractivity contribution >= 4 is 12.1 Å². The van der Waals surface area contributed by atoms with E-state index in [1.165, 1.54) is 6.42 Å². The van der Waals surface area contributed by atoms with Gasteiger partial charge in [0.05, 0.1) is 17.6 Å². The molecule has 17 heavy (non-hydrogen) atoms. The van der Waals surface area contributed by atoms with Crippen molar-refractivity contribution in [2.24, 2.45) is 0 Å². The van der Waals surface area contributed by atoms with Crippen LogP contribution in [-0.4, -0.2) is 30.6 Å². The maximum Gasteiger partial charge on any atom is 0.211 e. The molecule has 1 saturated heterocycles. The largest absolute Gasteiger partial charge is 0.490 e. The second-order valence-corrected chi connectivity index (χ2v) is 4.17. The highest BCUT2D eigenvalue weighted by Gasteiger charge is 2.14. The number of aromatic nitrogens is 1. The summed E-state index contributed by atoms with van der Waals surface area (Å²) < 4.78 is 5.65. The Bertz CT molecular complexity index is 389. The fourth-order valence-electron chi connectivity index (χ4n) is 1.90. The lowest BCUT2D eigenvalue weighted by molar-refractivity contribution is -0.105. The molecular weight excluding hydrogens is 218 g/mol. The molecule has 0 radical (unpaired) electrons. The third-order valence-corrected chi connectivity index (χ3v) is 2.89. The number of aryl methyl sites for hydroxylation is 1. The fraction of sp³-hybridized carbons (Fsp3) is 0.500. The van der Waals surface area contributed by atoms with Crippen LogP contribution in [0.3, 0.4) is 0 Å². The predicted octanol–water partition coefficient (Wildman–Crippen LogP) is 1.09. The van der Waals surface area contributed by atoms with Gasteiger partial charge < -0.3 is 15.4 Å². The Morgan fingerprint density at radius 2 is 2.59 bits per heavy atom. The standard InChI is InChI=1S/C12H17N3O2/c1-9-12(15-8-16)5-11(6-14-9)17-7-10-3-2-4-13-10/h5-6,8,10,13H,2-4,7H2,1H3,(H,15,16)/t10-/m1/s1. The Morgan fingerprint density at radius 1 is 1.71 bits per heavy atom. The molecule has 0 aliphatic carbocycles. The summed E-state index contributed by atoms with van der Waals surface area (Å²) in [5, 5.41) is 5.97. The quantitative estimate of drug-likeness (QED) is 0.750. The van der Waals surface area contributed by atoms with Crippen LogP contribution >= 0.6 is 0 Å². The lowest BCUT2D eigenvalue weighted by Crippen LogP contribution is -2.28. The zero-order valence-electron chi connectivity index (χ0n) is 9.90. The molecule has 0 spiro atoms. The molecule has 92 valence electrons. The number of nitrogens with zero attached hydrogens (tertiary/aromatic N) is 1. The van der Waals surface area contributed by atoms with Crippen molar-refractivity contribution in [1.82, 2.24) is 10.3 Å². The van der Waals surface area contributed by atoms with Gasteiger partial charge in [-0.05, 0) is 26.3 Å². The molecule has 1 fully saturated rings. The number of pyridine rings is 1. The third-order valence-electron chi connectivity index (χ3n) is 2.89. The summed E-state index contributed by atoms with van der Waals surface area (Å²) >= 11 is 0. The van der Waals surface area contributed by atoms with Crippen molar-refractivity contribution in [3.05, 3.63) is 18.0 Å². The van der Waals surface area contributed by atoms with E-state index < -0.39 is 0 Å². The van der Waals surface area contributed by atoms with Gasteiger partial charge in [0.15, 0.2) is 0 Å². The summed E-state index contributed by atoms with van der Waals surface area (Å²) in [4.78, 5) is 14.6. The number of hydrogen-bond acceptors (Lipinski definition) is 4. The average molecular weight is 235 g/mol. The van der Waals surface area contributed by atoms with Crippen LogP contribution in [0, 0.1) is 6.92 Å². The first-order chi connectivity index (χ1) is 8.29. The van der Waals surface area contributed by atoms with E-state index in [2.05, 4.69) is 15.6 Å². The van der Waals surface area contributed by atoms with E-state index in [4.69, 9.17) is 4.74 Å². The van der Waals surface area contributed by atoms with Crippen LogP contribution in [0.4, 0.5) is 5.69 Å². The van der Waals surface area contributed by atoms with Crippen molar-refractivity contribution in [2.45, 2.75) is 25.8 Å². The number of carbonyl (C=O) groups is 1. The molecule has 5 heteroatoms. The van der Waals surface area contributed by atoms with E-state index in [1.54, 1.807) is 12.3 Å². The third kappa shape index (κ3) is 3.17. The second-order valence-electron chi connectivity index (χ2n) is 4.17. The molecular formula is C12H17N3O2. The Morgan fingerprint density at radius 3 is 3.29 bits per heavy atom. The van der Waals surface area contributed by atoms with Crippen LogP contribution in [0.1, 0.15) is 18.5 Å². The van der Waals surface area contributed by atoms with E-state index in [1.807, 2.05) is 6.92 Å². The summed E-state index contributed by atoms with van der Waals surface area (Å²) in [6.45, 7) is 3.55. The number of anilines is 1. The molecule has 1 atom stereocenters. The maximum atomic E-state index is 10.4. The number of rotatable bonds is 5. The highest BCUT2D eigenvalue weighted by atomic mass is 16.5. The topological polar surface area (TPSA) is 63.2 Å². The molecule has 2 heterocycles. The normalized spacial score (nSPS) is 19.0. The van der Waals surface area contributed by atoms with Crippen LogP contribution in [0.5, 0.6) is 5.75 Å². The molecule has 1 aromatic heterocycles. The van der Waals surface area contributed by atoms with Crippen molar-refractivity contribution in [3.63, 3.8) is 0 Å². The molecule has 1 amide bonds. The number of nitrogens with one attached hydrogen (secondary N) is 2. The minimum absolute atomic E-state index is 0.429. The fourth-order valence-corrected chi connectivity index (χ4v) is 1.90. The number of ether oxygens (including phenoxy) is 1. The van der Waals surface area contributed by atoms with Crippen molar-refractivity contribution in [2.75, 3.05) is 18.5 Å². The summed E-state index contributed by atoms with van der Waals surface area (Å²) in [5.41, 5.74) is 1.47. The predicted molar refractivity (Wildman–Crippen MR) is 65.2 cm³/mol. The van der Waals surface area contributed by atoms with Crippen LogP contribution in [0.25, 0.3) is 0 Å². The Balaban J connectivity index is 1.95. The SMILES string of the molecule is Cc1ncc(OC[C@H]2CCCN2)cc1NC=O. The second kappa shape index (κ2) is 5.63. The number of hydrogen-bond donors (Lipinski definition) is 2. The van der Waals surface area contributed by atoms with Crippen molar-refractivity contribution < 1.29 is 9.53 Å². The van der Waals surface area contributed by atoms with Gasteiger partial charge >= 0.3 is 0 Å². The molecule has 1 aliphatic rings. The highest BCUT2D eigenvalue weighted by Crippen LogP contribution is 2.19. The Hall–Kier alpha value is -1.62. The average Bonchev–Trinajstić information content (AvgIpc) is 2.83. The van der Waals surface area contributed by atoms with E-state index >= 15 is 0 Å². The zero-order chi connectivity index (χ0) is 12.1. The van der Waals surface area contributed by atoms with Gasteiger partial charge in [-0.1, -0.05) is 0 Å². The van der Waals surface area contributed by atoms with Crippen LogP contribution in [0.2, 0.25) is 0 Å². The van der Waals surface area contributed by atoms with Gasteiger partial charge in [-0.15, -0.1) is 0 Å². The molecule has 1 aromatic rings. The van der Waals surface area contributed by atoms with Crippen LogP contribution < -0.4 is 15.4 Å². The first-order valence-electron chi connectivity index (χ1n) is 5.82. The van der Waals surface area contributed by atoms with Gasteiger partial charge in [0.25, 0.3) is 0 Å². The molecule has 2 rings (SSSR count). The molecule has 0 aromatic carbocycles. The number of amides is 1. The van der Waals surface area contributed by atoms with Gasteiger partial charge in [-0.2, -0.15) is 0 Å². The monoisotopic (exact) mass is 235 g/mol. The lowest BCUT2D eigenvalue weighted by Gasteiger charge is -2.13. The minimum atomic E-state index is 0.429. The molecule has 5 nitrogen and oxygen atoms in total. The Labute approximate surface area is 101 Å². The first-order valence-corrected chi connectivity index (χ1v) is 5.82. The van der Waals surface area contributed by atoms with Gasteiger partial charge in [-0.25, -0.2) is 0 Å². The summed E-state index contributed by atoms with van der Waals surface area (Å²) in [6.07, 6.45) is 4.68. The van der Waals surface area contributed by atoms with E-state index in [0.29, 0.717) is 30.5 Å².